The van der Waals surface area contributed by atoms with E-state index in [1.165, 1.54) is 0 Å². The van der Waals surface area contributed by atoms with Crippen LogP contribution in [0.25, 0.3) is 0 Å². The number of hydrogen-bond donors (Lipinski definition) is 0. The van der Waals surface area contributed by atoms with Gasteiger partial charge in [0, 0.05) is 11.3 Å². The predicted octanol–water partition coefficient (Wildman–Crippen LogP) is 3.29. The van der Waals surface area contributed by atoms with Gasteiger partial charge in [-0.2, -0.15) is 0 Å². The molecule has 3 heteroatoms. The van der Waals surface area contributed by atoms with Crippen molar-refractivity contribution in [1.29, 1.82) is 0 Å². The lowest BCUT2D eigenvalue weighted by molar-refractivity contribution is -0.120. The Morgan fingerprint density at radius 1 is 1.29 bits per heavy atom. The molecule has 1 heterocycles. The first kappa shape index (κ1) is 12.2. The Balaban J connectivity index is 2.58. The molecular weight excluding hydrogens is 230 g/mol. The number of para-hydroxylation sites is 1. The van der Waals surface area contributed by atoms with Gasteiger partial charge in [-0.05, 0) is 25.5 Å². The molecule has 1 aliphatic rings. The van der Waals surface area contributed by atoms with Gasteiger partial charge in [-0.3, -0.25) is 9.69 Å². The summed E-state index contributed by atoms with van der Waals surface area (Å²) in [5, 5.41) is 0. The first-order chi connectivity index (χ1) is 7.87. The molecule has 1 aromatic carbocycles. The van der Waals surface area contributed by atoms with Crippen LogP contribution in [-0.4, -0.2) is 10.9 Å². The van der Waals surface area contributed by atoms with E-state index in [0.29, 0.717) is 4.99 Å². The maximum absolute atomic E-state index is 12.2. The molecule has 90 valence electrons. The Kier molecular flexibility index (Phi) is 2.82. The summed E-state index contributed by atoms with van der Waals surface area (Å²) in [5.41, 5.74) is 1.84. The number of carbonyl (C=O) groups is 1. The fourth-order valence-corrected chi connectivity index (χ4v) is 2.48. The molecule has 0 aliphatic carbocycles. The molecule has 17 heavy (non-hydrogen) atoms. The highest BCUT2D eigenvalue weighted by molar-refractivity contribution is 7.81. The highest BCUT2D eigenvalue weighted by Crippen LogP contribution is 2.42. The van der Waals surface area contributed by atoms with E-state index in [-0.39, 0.29) is 17.2 Å². The molecule has 0 atom stereocenters. The summed E-state index contributed by atoms with van der Waals surface area (Å²) >= 11 is 5.48. The highest BCUT2D eigenvalue weighted by Gasteiger charge is 2.43. The number of anilines is 1. The van der Waals surface area contributed by atoms with Crippen LogP contribution in [0.15, 0.2) is 24.3 Å². The van der Waals surface area contributed by atoms with E-state index in [0.717, 1.165) is 11.3 Å². The molecule has 0 unspecified atom stereocenters. The van der Waals surface area contributed by atoms with E-state index in [1.807, 2.05) is 32.0 Å². The average molecular weight is 247 g/mol. The Bertz CT molecular complexity index is 491. The van der Waals surface area contributed by atoms with Gasteiger partial charge in [0.2, 0.25) is 5.91 Å². The molecule has 0 spiro atoms. The molecule has 0 aromatic heterocycles. The lowest BCUT2D eigenvalue weighted by atomic mass is 9.87. The zero-order chi connectivity index (χ0) is 12.8. The maximum Gasteiger partial charge on any atom is 0.234 e. The van der Waals surface area contributed by atoms with Gasteiger partial charge in [0.05, 0.1) is 10.7 Å². The molecule has 2 nitrogen and oxygen atoms in total. The third kappa shape index (κ3) is 1.69. The molecule has 0 saturated carbocycles. The topological polar surface area (TPSA) is 20.3 Å². The molecule has 0 bridgehead atoms. The molecule has 1 aromatic rings. The van der Waals surface area contributed by atoms with E-state index >= 15 is 0 Å². The fourth-order valence-electron chi connectivity index (χ4n) is 2.18. The van der Waals surface area contributed by atoms with E-state index in [2.05, 4.69) is 19.9 Å². The molecule has 1 aliphatic heterocycles. The molecule has 0 N–H and O–H groups in total. The van der Waals surface area contributed by atoms with Gasteiger partial charge in [0.15, 0.2) is 0 Å². The number of carbonyl (C=O) groups excluding carboxylic acids is 1. The summed E-state index contributed by atoms with van der Waals surface area (Å²) in [6, 6.07) is 7.96. The van der Waals surface area contributed by atoms with Gasteiger partial charge in [0.1, 0.15) is 0 Å². The van der Waals surface area contributed by atoms with E-state index in [1.54, 1.807) is 4.90 Å². The third-order valence-corrected chi connectivity index (χ3v) is 3.96. The number of hydrogen-bond acceptors (Lipinski definition) is 2. The van der Waals surface area contributed by atoms with Gasteiger partial charge in [0.25, 0.3) is 0 Å². The summed E-state index contributed by atoms with van der Waals surface area (Å²) < 4.78 is 0. The normalized spacial score (nSPS) is 17.5. The second-order valence-corrected chi connectivity index (χ2v) is 5.66. The zero-order valence-corrected chi connectivity index (χ0v) is 11.5. The average Bonchev–Trinajstić information content (AvgIpc) is 2.48. The minimum Gasteiger partial charge on any atom is -0.274 e. The second-order valence-electron chi connectivity index (χ2n) is 5.28. The lowest BCUT2D eigenvalue weighted by Gasteiger charge is -2.23. The van der Waals surface area contributed by atoms with Gasteiger partial charge in [-0.1, -0.05) is 44.3 Å². The number of rotatable bonds is 1. The third-order valence-electron chi connectivity index (χ3n) is 3.27. The Morgan fingerprint density at radius 3 is 2.47 bits per heavy atom. The number of benzene rings is 1. The van der Waals surface area contributed by atoms with Crippen LogP contribution in [0, 0.1) is 5.92 Å². The summed E-state index contributed by atoms with van der Waals surface area (Å²) in [4.78, 5) is 14.7. The van der Waals surface area contributed by atoms with Crippen LogP contribution in [0.1, 0.15) is 33.3 Å². The van der Waals surface area contributed by atoms with Crippen LogP contribution < -0.4 is 4.90 Å². The molecule has 0 saturated heterocycles. The lowest BCUT2D eigenvalue weighted by Crippen LogP contribution is -2.40. The second kappa shape index (κ2) is 3.91. The molecular formula is C14H17NOS. The number of nitrogens with zero attached hydrogens (tertiary/aromatic N) is 1. The van der Waals surface area contributed by atoms with Gasteiger partial charge < -0.3 is 0 Å². The Hall–Kier alpha value is -1.22. The van der Waals surface area contributed by atoms with Crippen molar-refractivity contribution in [2.75, 3.05) is 4.90 Å². The summed E-state index contributed by atoms with van der Waals surface area (Å²) in [7, 11) is 0. The van der Waals surface area contributed by atoms with Crippen molar-refractivity contribution in [2.24, 2.45) is 5.92 Å². The van der Waals surface area contributed by atoms with Gasteiger partial charge in [-0.25, -0.2) is 0 Å². The van der Waals surface area contributed by atoms with Crippen molar-refractivity contribution in [3.8, 4) is 0 Å². The van der Waals surface area contributed by atoms with Crippen LogP contribution in [0.2, 0.25) is 0 Å². The summed E-state index contributed by atoms with van der Waals surface area (Å²) in [5.74, 6) is 0.0305. The Morgan fingerprint density at radius 2 is 1.88 bits per heavy atom. The van der Waals surface area contributed by atoms with E-state index in [4.69, 9.17) is 12.2 Å². The molecule has 0 radical (unpaired) electrons. The quantitative estimate of drug-likeness (QED) is 0.710. The van der Waals surface area contributed by atoms with Crippen molar-refractivity contribution in [1.82, 2.24) is 0 Å². The summed E-state index contributed by atoms with van der Waals surface area (Å²) in [6.45, 7) is 7.95. The monoisotopic (exact) mass is 247 g/mol. The van der Waals surface area contributed by atoms with Crippen LogP contribution in [0.4, 0.5) is 5.69 Å². The van der Waals surface area contributed by atoms with Crippen LogP contribution in [0.3, 0.4) is 0 Å². The minimum absolute atomic E-state index is 0.0464. The van der Waals surface area contributed by atoms with Crippen molar-refractivity contribution in [3.05, 3.63) is 29.8 Å². The number of amides is 1. The largest absolute Gasteiger partial charge is 0.274 e. The SMILES string of the molecule is CC(C)C(=O)N1C(=S)C(C)(C)c2ccccc21. The predicted molar refractivity (Wildman–Crippen MR) is 74.4 cm³/mol. The first-order valence-corrected chi connectivity index (χ1v) is 6.26. The van der Waals surface area contributed by atoms with Crippen molar-refractivity contribution >= 4 is 28.8 Å². The fraction of sp³-hybridized carbons (Fsp3) is 0.429. The first-order valence-electron chi connectivity index (χ1n) is 5.85. The molecule has 1 amide bonds. The van der Waals surface area contributed by atoms with Gasteiger partial charge in [-0.15, -0.1) is 0 Å². The minimum atomic E-state index is -0.240. The Labute approximate surface area is 108 Å². The smallest absolute Gasteiger partial charge is 0.234 e. The van der Waals surface area contributed by atoms with Crippen molar-refractivity contribution in [3.63, 3.8) is 0 Å². The van der Waals surface area contributed by atoms with Crippen molar-refractivity contribution in [2.45, 2.75) is 33.1 Å². The van der Waals surface area contributed by atoms with Gasteiger partial charge >= 0.3 is 0 Å². The van der Waals surface area contributed by atoms with Crippen molar-refractivity contribution < 1.29 is 4.79 Å². The van der Waals surface area contributed by atoms with E-state index in [9.17, 15) is 4.79 Å². The van der Waals surface area contributed by atoms with E-state index < -0.39 is 0 Å². The molecule has 0 fully saturated rings. The standard InChI is InChI=1S/C14H17NOS/c1-9(2)12(16)15-11-8-6-5-7-10(11)14(3,4)13(15)17/h5-9H,1-4H3. The molecule has 2 rings (SSSR count). The number of fused-ring (bicyclic) bond motifs is 1. The van der Waals surface area contributed by atoms with Crippen LogP contribution in [-0.2, 0) is 10.2 Å². The summed E-state index contributed by atoms with van der Waals surface area (Å²) in [6.07, 6.45) is 0. The zero-order valence-electron chi connectivity index (χ0n) is 10.7. The highest BCUT2D eigenvalue weighted by atomic mass is 32.1. The van der Waals surface area contributed by atoms with Crippen LogP contribution >= 0.6 is 12.2 Å². The van der Waals surface area contributed by atoms with Crippen LogP contribution in [0.5, 0.6) is 0 Å². The maximum atomic E-state index is 12.2. The number of thiocarbonyl (C=S) groups is 1.